The van der Waals surface area contributed by atoms with Crippen molar-refractivity contribution < 1.29 is 33.8 Å². The summed E-state index contributed by atoms with van der Waals surface area (Å²) in [6.07, 6.45) is -2.68. The van der Waals surface area contributed by atoms with Crippen LogP contribution < -0.4 is 5.73 Å². The standard InChI is InChI=1S/C10H14N5O7P.2Na/c11-8-5-9(13-2-12-8)15(3-14-5)10-6(17)7(4(1-16)21-10)22-23(18,19)20;;/h2-4,6-7,10,16-17H,1H2,(H2,11,12,13)(H2,18,19,20);;/t4-,6-,7-,10-;;/m1../s1. The van der Waals surface area contributed by atoms with Gasteiger partial charge in [0.1, 0.15) is 30.2 Å². The fourth-order valence-corrected chi connectivity index (χ4v) is 3.02. The third kappa shape index (κ3) is 4.79. The first-order chi connectivity index (χ1) is 10.8. The molecule has 0 bridgehead atoms. The van der Waals surface area contributed by atoms with Crippen LogP contribution in [0.25, 0.3) is 11.2 Å². The molecular formula is C10H14N5Na2O7P. The number of nitrogens with two attached hydrogens (primary N) is 1. The van der Waals surface area contributed by atoms with Gasteiger partial charge in [-0.1, -0.05) is 0 Å². The van der Waals surface area contributed by atoms with Crippen molar-refractivity contribution in [3.63, 3.8) is 0 Å². The van der Waals surface area contributed by atoms with Gasteiger partial charge in [0, 0.05) is 59.1 Å². The van der Waals surface area contributed by atoms with Crippen LogP contribution in [-0.4, -0.2) is 124 Å². The van der Waals surface area contributed by atoms with Crippen molar-refractivity contribution >= 4 is 83.9 Å². The van der Waals surface area contributed by atoms with E-state index >= 15 is 0 Å². The number of aromatic nitrogens is 4. The molecule has 2 aromatic heterocycles. The summed E-state index contributed by atoms with van der Waals surface area (Å²) in [5.74, 6) is 0.128. The Balaban J connectivity index is 0.00000156. The zero-order valence-corrected chi connectivity index (χ0v) is 18.4. The Morgan fingerprint density at radius 1 is 1.32 bits per heavy atom. The van der Waals surface area contributed by atoms with Crippen molar-refractivity contribution in [1.29, 1.82) is 0 Å². The molecule has 25 heavy (non-hydrogen) atoms. The summed E-state index contributed by atoms with van der Waals surface area (Å²) >= 11 is 0. The number of nitrogen functional groups attached to an aromatic ring is 1. The van der Waals surface area contributed by atoms with Gasteiger partial charge in [-0.2, -0.15) is 0 Å². The number of hydrogen-bond acceptors (Lipinski definition) is 9. The van der Waals surface area contributed by atoms with Crippen LogP contribution in [0.2, 0.25) is 0 Å². The van der Waals surface area contributed by atoms with Crippen LogP contribution in [0.3, 0.4) is 0 Å². The summed E-state index contributed by atoms with van der Waals surface area (Å²) < 4.78 is 22.3. The van der Waals surface area contributed by atoms with E-state index in [2.05, 4.69) is 19.5 Å². The fraction of sp³-hybridized carbons (Fsp3) is 0.500. The van der Waals surface area contributed by atoms with Gasteiger partial charge in [0.2, 0.25) is 0 Å². The smallest absolute Gasteiger partial charge is 0.394 e. The average Bonchev–Trinajstić information content (AvgIpc) is 3.01. The third-order valence-electron chi connectivity index (χ3n) is 3.41. The van der Waals surface area contributed by atoms with Gasteiger partial charge < -0.3 is 30.5 Å². The number of imidazole rings is 1. The van der Waals surface area contributed by atoms with E-state index in [1.165, 1.54) is 17.2 Å². The van der Waals surface area contributed by atoms with Crippen LogP contribution >= 0.6 is 7.82 Å². The number of phosphoric acid groups is 1. The van der Waals surface area contributed by atoms with Gasteiger partial charge in [-0.15, -0.1) is 0 Å². The molecule has 15 heteroatoms. The number of phosphoric ester groups is 1. The van der Waals surface area contributed by atoms with Gasteiger partial charge in [-0.3, -0.25) is 9.09 Å². The predicted molar refractivity (Wildman–Crippen MR) is 85.2 cm³/mol. The first-order valence-electron chi connectivity index (χ1n) is 6.43. The zero-order chi connectivity index (χ0) is 16.8. The van der Waals surface area contributed by atoms with Crippen molar-refractivity contribution in [2.24, 2.45) is 0 Å². The van der Waals surface area contributed by atoms with E-state index in [-0.39, 0.29) is 76.1 Å². The number of nitrogens with zero attached hydrogens (tertiary/aromatic N) is 4. The molecule has 0 saturated carbocycles. The third-order valence-corrected chi connectivity index (χ3v) is 3.93. The maximum absolute atomic E-state index is 11.0. The number of anilines is 1. The van der Waals surface area contributed by atoms with E-state index in [1.54, 1.807) is 0 Å². The van der Waals surface area contributed by atoms with Crippen molar-refractivity contribution in [1.82, 2.24) is 19.5 Å². The van der Waals surface area contributed by atoms with E-state index in [0.717, 1.165) is 0 Å². The van der Waals surface area contributed by atoms with Crippen LogP contribution in [-0.2, 0) is 13.8 Å². The predicted octanol–water partition coefficient (Wildman–Crippen LogP) is -2.62. The molecule has 3 heterocycles. The number of aliphatic hydroxyl groups is 2. The van der Waals surface area contributed by atoms with Crippen LogP contribution in [0.4, 0.5) is 5.82 Å². The first-order valence-corrected chi connectivity index (χ1v) is 7.96. The number of rotatable bonds is 4. The molecule has 0 aliphatic carbocycles. The van der Waals surface area contributed by atoms with E-state index in [4.69, 9.17) is 20.3 Å². The van der Waals surface area contributed by atoms with Crippen molar-refractivity contribution in [3.05, 3.63) is 12.7 Å². The maximum Gasteiger partial charge on any atom is 0.470 e. The number of fused-ring (bicyclic) bond motifs is 1. The summed E-state index contributed by atoms with van der Waals surface area (Å²) in [6.45, 7) is -0.609. The second kappa shape index (κ2) is 9.02. The Hall–Kier alpha value is 0.340. The Labute approximate surface area is 185 Å². The molecule has 0 aromatic carbocycles. The van der Waals surface area contributed by atoms with Crippen LogP contribution in [0, 0.1) is 0 Å². The van der Waals surface area contributed by atoms with Gasteiger partial charge >= 0.3 is 7.82 Å². The quantitative estimate of drug-likeness (QED) is 0.270. The maximum atomic E-state index is 11.0. The number of ether oxygens (including phenoxy) is 1. The topological polar surface area (TPSA) is 186 Å². The molecule has 3 rings (SSSR count). The summed E-state index contributed by atoms with van der Waals surface area (Å²) in [6, 6.07) is 0. The normalized spacial score (nSPS) is 26.2. The largest absolute Gasteiger partial charge is 0.470 e. The fourth-order valence-electron chi connectivity index (χ4n) is 2.44. The molecule has 2 aromatic rings. The summed E-state index contributed by atoms with van der Waals surface area (Å²) in [5, 5.41) is 19.6. The molecule has 12 nitrogen and oxygen atoms in total. The Kier molecular flexibility index (Phi) is 8.44. The molecule has 0 amide bonds. The van der Waals surface area contributed by atoms with Crippen molar-refractivity contribution in [3.8, 4) is 0 Å². The summed E-state index contributed by atoms with van der Waals surface area (Å²) in [7, 11) is -4.88. The van der Waals surface area contributed by atoms with Crippen molar-refractivity contribution in [2.45, 2.75) is 24.5 Å². The molecule has 1 aliphatic rings. The molecule has 2 radical (unpaired) electrons. The minimum atomic E-state index is -4.88. The molecule has 4 atom stereocenters. The monoisotopic (exact) mass is 393 g/mol. The zero-order valence-electron chi connectivity index (χ0n) is 13.5. The molecule has 0 unspecified atom stereocenters. The van der Waals surface area contributed by atoms with Crippen molar-refractivity contribution in [2.75, 3.05) is 12.3 Å². The van der Waals surface area contributed by atoms with Crippen LogP contribution in [0.5, 0.6) is 0 Å². The van der Waals surface area contributed by atoms with Gasteiger partial charge in [0.25, 0.3) is 0 Å². The minimum absolute atomic E-state index is 0. The molecular weight excluding hydrogens is 379 g/mol. The molecule has 6 N–H and O–H groups in total. The summed E-state index contributed by atoms with van der Waals surface area (Å²) in [4.78, 5) is 29.6. The van der Waals surface area contributed by atoms with E-state index in [1.807, 2.05) is 0 Å². The Morgan fingerprint density at radius 2 is 2.00 bits per heavy atom. The van der Waals surface area contributed by atoms with E-state index in [0.29, 0.717) is 0 Å². The number of aliphatic hydroxyl groups excluding tert-OH is 2. The number of hydrogen-bond donors (Lipinski definition) is 5. The van der Waals surface area contributed by atoms with Gasteiger partial charge in [-0.05, 0) is 0 Å². The van der Waals surface area contributed by atoms with Gasteiger partial charge in [-0.25, -0.2) is 19.5 Å². The second-order valence-electron chi connectivity index (χ2n) is 4.88. The van der Waals surface area contributed by atoms with E-state index in [9.17, 15) is 14.8 Å². The Bertz CT molecular complexity index is 773. The average molecular weight is 393 g/mol. The molecule has 128 valence electrons. The van der Waals surface area contributed by atoms with Crippen LogP contribution in [0.15, 0.2) is 12.7 Å². The van der Waals surface area contributed by atoms with Gasteiger partial charge in [0.15, 0.2) is 17.7 Å². The minimum Gasteiger partial charge on any atom is -0.394 e. The van der Waals surface area contributed by atoms with Gasteiger partial charge in [0.05, 0.1) is 12.9 Å². The van der Waals surface area contributed by atoms with E-state index < -0.39 is 39.0 Å². The molecule has 1 saturated heterocycles. The molecule has 1 fully saturated rings. The molecule has 1 aliphatic heterocycles. The summed E-state index contributed by atoms with van der Waals surface area (Å²) in [5.41, 5.74) is 6.21. The Morgan fingerprint density at radius 3 is 2.60 bits per heavy atom. The van der Waals surface area contributed by atoms with Crippen LogP contribution in [0.1, 0.15) is 6.23 Å². The second-order valence-corrected chi connectivity index (χ2v) is 6.07. The molecule has 0 spiro atoms. The first kappa shape index (κ1) is 23.4. The SMILES string of the molecule is Nc1ncnc2c1ncn2[C@@H]1O[C@H](CO)[C@@H](OP(=O)(O)O)[C@H]1O.[Na].[Na].